The van der Waals surface area contributed by atoms with E-state index in [1.165, 1.54) is 25.1 Å². The average molecular weight is 542 g/mol. The molecule has 1 fully saturated rings. The van der Waals surface area contributed by atoms with Crippen LogP contribution < -0.4 is 5.73 Å². The van der Waals surface area contributed by atoms with E-state index in [0.29, 0.717) is 5.56 Å². The number of benzene rings is 1. The van der Waals surface area contributed by atoms with Crippen LogP contribution in [0.15, 0.2) is 35.1 Å². The number of amides is 1. The van der Waals surface area contributed by atoms with Crippen molar-refractivity contribution in [1.29, 1.82) is 0 Å². The number of Topliss-reactive ketones (excluding diaryl/α,β-unsaturated/α-hetero) is 2. The van der Waals surface area contributed by atoms with Gasteiger partial charge in [0.25, 0.3) is 5.91 Å². The van der Waals surface area contributed by atoms with Gasteiger partial charge in [0, 0.05) is 11.5 Å². The molecule has 2 unspecified atom stereocenters. The number of hydrogen-bond acceptors (Lipinski definition) is 10. The average Bonchev–Trinajstić information content (AvgIpc) is 2.74. The minimum absolute atomic E-state index is 0.0245. The minimum atomic E-state index is -4.64. The fourth-order valence-electron chi connectivity index (χ4n) is 5.58. The highest BCUT2D eigenvalue weighted by molar-refractivity contribution is 7.45. The number of phenolic OH excluding ortho intramolecular Hbond substituents is 1. The molecule has 1 amide bonds. The Morgan fingerprint density at radius 3 is 2.14 bits per heavy atom. The molecule has 1 aromatic carbocycles. The number of primary amides is 1. The van der Waals surface area contributed by atoms with Crippen LogP contribution in [0.1, 0.15) is 24.0 Å². The first kappa shape index (κ1) is 28.5. The number of rotatable bonds is 2. The zero-order chi connectivity index (χ0) is 28.4. The molecule has 1 aromatic rings. The Labute approximate surface area is 209 Å². The van der Waals surface area contributed by atoms with Crippen LogP contribution >= 0.6 is 7.82 Å². The first-order valence-corrected chi connectivity index (χ1v) is 12.4. The highest BCUT2D eigenvalue weighted by Crippen LogP contribution is 2.55. The van der Waals surface area contributed by atoms with Crippen LogP contribution in [0.5, 0.6) is 5.75 Å². The summed E-state index contributed by atoms with van der Waals surface area (Å²) in [6.45, 7) is 1.68. The van der Waals surface area contributed by atoms with Gasteiger partial charge in [0.1, 0.15) is 22.8 Å². The smallest absolute Gasteiger partial charge is 0.466 e. The summed E-state index contributed by atoms with van der Waals surface area (Å²) in [6.07, 6.45) is -1.59. The molecule has 1 saturated carbocycles. The molecular formula is C22H27N2O12P. The third-order valence-electron chi connectivity index (χ3n) is 6.99. The van der Waals surface area contributed by atoms with Crippen molar-refractivity contribution in [3.05, 3.63) is 46.2 Å². The summed E-state index contributed by atoms with van der Waals surface area (Å²) in [5.41, 5.74) is 1.47. The number of fused-ring (bicyclic) bond motifs is 3. The lowest BCUT2D eigenvalue weighted by molar-refractivity contribution is -0.169. The number of nitrogens with two attached hydrogens (primary N) is 1. The number of aromatic hydroxyl groups is 1. The van der Waals surface area contributed by atoms with Gasteiger partial charge in [-0.05, 0) is 31.6 Å². The molecule has 10 N–H and O–H groups in total. The van der Waals surface area contributed by atoms with Crippen LogP contribution in [0.25, 0.3) is 5.76 Å². The topological polar surface area (TPSA) is 259 Å². The van der Waals surface area contributed by atoms with Crippen molar-refractivity contribution in [2.45, 2.75) is 30.6 Å². The van der Waals surface area contributed by atoms with Crippen LogP contribution in [0.3, 0.4) is 0 Å². The molecule has 0 bridgehead atoms. The number of carbonyl (C=O) groups is 3. The number of phenols is 1. The van der Waals surface area contributed by atoms with E-state index < -0.39 is 83.5 Å². The van der Waals surface area contributed by atoms with E-state index in [1.807, 2.05) is 0 Å². The maximum absolute atomic E-state index is 13.7. The van der Waals surface area contributed by atoms with E-state index in [1.54, 1.807) is 19.1 Å². The molecule has 14 nitrogen and oxygen atoms in total. The number of hydrogen-bond donors (Lipinski definition) is 9. The molecule has 202 valence electrons. The van der Waals surface area contributed by atoms with Crippen LogP contribution in [0, 0.1) is 11.8 Å². The quantitative estimate of drug-likeness (QED) is 0.153. The van der Waals surface area contributed by atoms with Gasteiger partial charge in [0.2, 0.25) is 5.78 Å². The van der Waals surface area contributed by atoms with Gasteiger partial charge in [-0.1, -0.05) is 19.1 Å². The Hall–Kier alpha value is -3.10. The molecule has 3 aliphatic carbocycles. The fourth-order valence-corrected chi connectivity index (χ4v) is 5.58. The van der Waals surface area contributed by atoms with E-state index >= 15 is 0 Å². The summed E-state index contributed by atoms with van der Waals surface area (Å²) >= 11 is 0. The van der Waals surface area contributed by atoms with Crippen molar-refractivity contribution in [3.63, 3.8) is 0 Å². The van der Waals surface area contributed by atoms with Gasteiger partial charge in [-0.25, -0.2) is 4.57 Å². The monoisotopic (exact) mass is 542 g/mol. The highest BCUT2D eigenvalue weighted by atomic mass is 31.2. The van der Waals surface area contributed by atoms with Gasteiger partial charge in [-0.2, -0.15) is 0 Å². The highest BCUT2D eigenvalue weighted by Gasteiger charge is 2.68. The molecule has 0 aromatic heterocycles. The van der Waals surface area contributed by atoms with Crippen molar-refractivity contribution < 1.29 is 59.2 Å². The number of nitrogens with zero attached hydrogens (tertiary/aromatic N) is 1. The molecule has 0 radical (unpaired) electrons. The third kappa shape index (κ3) is 4.36. The first-order valence-electron chi connectivity index (χ1n) is 10.8. The van der Waals surface area contributed by atoms with E-state index in [4.69, 9.17) is 25.0 Å². The van der Waals surface area contributed by atoms with Crippen LogP contribution in [-0.4, -0.2) is 94.4 Å². The Morgan fingerprint density at radius 1 is 1.11 bits per heavy atom. The molecule has 4 rings (SSSR count). The number of aliphatic hydroxyl groups is 4. The molecule has 0 aliphatic heterocycles. The second kappa shape index (κ2) is 9.33. The number of likely N-dealkylation sites (N-methyl/N-ethyl adjacent to an activating group) is 1. The number of aliphatic hydroxyl groups excluding tert-OH is 3. The fraction of sp³-hybridized carbons (Fsp3) is 0.409. The van der Waals surface area contributed by atoms with Gasteiger partial charge in [0.05, 0.1) is 23.6 Å². The summed E-state index contributed by atoms with van der Waals surface area (Å²) in [4.78, 5) is 61.5. The maximum Gasteiger partial charge on any atom is 0.466 e. The van der Waals surface area contributed by atoms with Crippen molar-refractivity contribution in [3.8, 4) is 5.75 Å². The summed E-state index contributed by atoms with van der Waals surface area (Å²) < 4.78 is 8.88. The zero-order valence-corrected chi connectivity index (χ0v) is 20.7. The van der Waals surface area contributed by atoms with Gasteiger partial charge >= 0.3 is 7.82 Å². The van der Waals surface area contributed by atoms with Crippen molar-refractivity contribution in [2.24, 2.45) is 17.6 Å². The normalized spacial score (nSPS) is 31.3. The van der Waals surface area contributed by atoms with Crippen LogP contribution in [-0.2, 0) is 18.9 Å². The maximum atomic E-state index is 13.7. The van der Waals surface area contributed by atoms with E-state index in [2.05, 4.69) is 0 Å². The van der Waals surface area contributed by atoms with E-state index in [-0.39, 0.29) is 11.3 Å². The van der Waals surface area contributed by atoms with E-state index in [0.717, 1.165) is 0 Å². The SMILES string of the molecule is C[C@@H]1c2cccc(O)c2C(O)=C2C(=O)[C@@]3(O)C(O)=C(C(N)=O)C(=O)[C@H](N(C)C)C3[C@H](O)C21.O=P(O)(O)O. The third-order valence-corrected chi connectivity index (χ3v) is 6.99. The predicted octanol–water partition coefficient (Wildman–Crippen LogP) is -1.43. The second-order valence-corrected chi connectivity index (χ2v) is 10.3. The Morgan fingerprint density at radius 2 is 1.65 bits per heavy atom. The van der Waals surface area contributed by atoms with Gasteiger partial charge in [0.15, 0.2) is 11.4 Å². The van der Waals surface area contributed by atoms with Gasteiger partial charge in [-0.3, -0.25) is 19.3 Å². The van der Waals surface area contributed by atoms with Crippen LogP contribution in [0.4, 0.5) is 0 Å². The molecule has 0 saturated heterocycles. The van der Waals surface area contributed by atoms with Crippen molar-refractivity contribution in [2.75, 3.05) is 14.1 Å². The van der Waals surface area contributed by atoms with Gasteiger partial charge in [-0.15, -0.1) is 0 Å². The second-order valence-electron chi connectivity index (χ2n) is 9.30. The standard InChI is InChI=1S/C22H24N2O8.H3O4P/c1-7-8-5-4-6-9(25)11(8)16(26)12-10(7)17(27)14-15(24(2)3)18(28)13(21(23)31)20(30)22(14,32)19(12)29;1-5(2,3)4/h4-7,10,14-15,17,25-27,30,32H,1-3H3,(H2,23,31);(H3,1,2,3,4)/t7-,10?,14?,15-,17-,22-;/m1./s1. The lowest BCUT2D eigenvalue weighted by atomic mass is 9.54. The molecular weight excluding hydrogens is 515 g/mol. The molecule has 0 spiro atoms. The van der Waals surface area contributed by atoms with Crippen molar-refractivity contribution >= 4 is 31.1 Å². The molecule has 0 heterocycles. The number of carbonyl (C=O) groups excluding carboxylic acids is 3. The van der Waals surface area contributed by atoms with Crippen molar-refractivity contribution in [1.82, 2.24) is 4.90 Å². The summed E-state index contributed by atoms with van der Waals surface area (Å²) in [5.74, 6) is -8.87. The minimum Gasteiger partial charge on any atom is -0.508 e. The largest absolute Gasteiger partial charge is 0.508 e. The van der Waals surface area contributed by atoms with Crippen LogP contribution in [0.2, 0.25) is 0 Å². The summed E-state index contributed by atoms with van der Waals surface area (Å²) in [7, 11) is -1.72. The van der Waals surface area contributed by atoms with Gasteiger partial charge < -0.3 is 45.9 Å². The Bertz CT molecular complexity index is 1290. The summed E-state index contributed by atoms with van der Waals surface area (Å²) in [5, 5.41) is 54.9. The molecule has 6 atom stereocenters. The lowest BCUT2D eigenvalue weighted by Crippen LogP contribution is -2.70. The Balaban J connectivity index is 0.000000695. The molecule has 37 heavy (non-hydrogen) atoms. The summed E-state index contributed by atoms with van der Waals surface area (Å²) in [6, 6.07) is 3.13. The zero-order valence-electron chi connectivity index (χ0n) is 19.8. The lowest BCUT2D eigenvalue weighted by Gasteiger charge is -2.53. The van der Waals surface area contributed by atoms with E-state index in [9.17, 15) is 39.9 Å². The first-order chi connectivity index (χ1) is 16.9. The molecule has 3 aliphatic rings. The number of phosphoric acid groups is 1. The number of ketones is 2. The predicted molar refractivity (Wildman–Crippen MR) is 125 cm³/mol. The molecule has 15 heteroatoms. The Kier molecular flexibility index (Phi) is 7.18.